The van der Waals surface area contributed by atoms with E-state index in [2.05, 4.69) is 27.1 Å². The number of nitrogens with zero attached hydrogens (tertiary/aromatic N) is 3. The standard InChI is InChI=1S/C19H23N5O4S/c1-2-23-12-10-15(11-13-23)20-21-18-9-8-17(14-19(18)24(25)26)29(27,28)22-16-6-4-3-5-7-16/h3-9,14,21-22H,2,10-13H2,1H3. The largest absolute Gasteiger partial charge is 0.303 e. The third-order valence-corrected chi connectivity index (χ3v) is 6.10. The molecule has 1 saturated heterocycles. The van der Waals surface area contributed by atoms with Gasteiger partial charge in [-0.1, -0.05) is 25.1 Å². The predicted molar refractivity (Wildman–Crippen MR) is 113 cm³/mol. The summed E-state index contributed by atoms with van der Waals surface area (Å²) in [6.07, 6.45) is 1.59. The van der Waals surface area contributed by atoms with Crippen LogP contribution in [0.25, 0.3) is 0 Å². The van der Waals surface area contributed by atoms with Gasteiger partial charge in [0.15, 0.2) is 0 Å². The molecule has 2 N–H and O–H groups in total. The lowest BCUT2D eigenvalue weighted by molar-refractivity contribution is -0.384. The van der Waals surface area contributed by atoms with E-state index >= 15 is 0 Å². The summed E-state index contributed by atoms with van der Waals surface area (Å²) in [7, 11) is -3.95. The van der Waals surface area contributed by atoms with Gasteiger partial charge in [0.1, 0.15) is 5.69 Å². The maximum Gasteiger partial charge on any atom is 0.295 e. The first kappa shape index (κ1) is 20.7. The van der Waals surface area contributed by atoms with Gasteiger partial charge in [-0.05, 0) is 30.8 Å². The molecule has 0 amide bonds. The molecule has 2 aromatic rings. The second-order valence-electron chi connectivity index (χ2n) is 6.63. The highest BCUT2D eigenvalue weighted by Crippen LogP contribution is 2.28. The van der Waals surface area contributed by atoms with Crippen LogP contribution in [0.1, 0.15) is 19.8 Å². The number of anilines is 2. The van der Waals surface area contributed by atoms with Crippen molar-refractivity contribution in [3.8, 4) is 0 Å². The van der Waals surface area contributed by atoms with E-state index in [4.69, 9.17) is 0 Å². The van der Waals surface area contributed by atoms with E-state index in [1.165, 1.54) is 12.1 Å². The number of likely N-dealkylation sites (tertiary alicyclic amines) is 1. The summed E-state index contributed by atoms with van der Waals surface area (Å²) in [5.41, 5.74) is 3.85. The van der Waals surface area contributed by atoms with E-state index in [0.29, 0.717) is 5.69 Å². The number of piperidine rings is 1. The Hall–Kier alpha value is -2.98. The minimum Gasteiger partial charge on any atom is -0.303 e. The molecule has 0 spiro atoms. The quantitative estimate of drug-likeness (QED) is 0.527. The van der Waals surface area contributed by atoms with Gasteiger partial charge < -0.3 is 4.90 Å². The Morgan fingerprint density at radius 1 is 1.14 bits per heavy atom. The van der Waals surface area contributed by atoms with Crippen LogP contribution in [-0.2, 0) is 10.0 Å². The second kappa shape index (κ2) is 9.01. The highest BCUT2D eigenvalue weighted by Gasteiger charge is 2.22. The van der Waals surface area contributed by atoms with Crippen LogP contribution in [0, 0.1) is 10.1 Å². The van der Waals surface area contributed by atoms with Gasteiger partial charge in [-0.2, -0.15) is 5.10 Å². The molecular formula is C19H23N5O4S. The van der Waals surface area contributed by atoms with Crippen LogP contribution in [0.5, 0.6) is 0 Å². The molecule has 10 heteroatoms. The van der Waals surface area contributed by atoms with Crippen LogP contribution in [0.3, 0.4) is 0 Å². The summed E-state index contributed by atoms with van der Waals surface area (Å²) < 4.78 is 27.5. The van der Waals surface area contributed by atoms with Crippen LogP contribution in [0.15, 0.2) is 58.5 Å². The second-order valence-corrected chi connectivity index (χ2v) is 8.31. The van der Waals surface area contributed by atoms with Crippen molar-refractivity contribution in [1.82, 2.24) is 4.90 Å². The number of hydrazone groups is 1. The van der Waals surface area contributed by atoms with E-state index in [-0.39, 0.29) is 16.3 Å². The zero-order valence-corrected chi connectivity index (χ0v) is 16.9. The molecule has 1 fully saturated rings. The molecule has 0 bridgehead atoms. The van der Waals surface area contributed by atoms with Crippen molar-refractivity contribution in [3.05, 3.63) is 58.6 Å². The molecule has 0 atom stereocenters. The Bertz CT molecular complexity index is 999. The summed E-state index contributed by atoms with van der Waals surface area (Å²) in [6.45, 7) is 4.90. The normalized spacial score (nSPS) is 15.0. The highest BCUT2D eigenvalue weighted by molar-refractivity contribution is 7.92. The van der Waals surface area contributed by atoms with Crippen molar-refractivity contribution >= 4 is 32.8 Å². The number of nitro groups is 1. The van der Waals surface area contributed by atoms with Gasteiger partial charge in [0.2, 0.25) is 0 Å². The van der Waals surface area contributed by atoms with E-state index in [1.54, 1.807) is 30.3 Å². The fourth-order valence-electron chi connectivity index (χ4n) is 3.02. The summed E-state index contributed by atoms with van der Waals surface area (Å²) in [6, 6.07) is 12.1. The van der Waals surface area contributed by atoms with Gasteiger partial charge in [-0.25, -0.2) is 8.42 Å². The average molecular weight is 417 g/mol. The third-order valence-electron chi connectivity index (χ3n) is 4.72. The number of benzene rings is 2. The predicted octanol–water partition coefficient (Wildman–Crippen LogP) is 3.28. The molecule has 1 aliphatic heterocycles. The van der Waals surface area contributed by atoms with Crippen molar-refractivity contribution in [2.75, 3.05) is 29.8 Å². The van der Waals surface area contributed by atoms with Crippen LogP contribution >= 0.6 is 0 Å². The molecule has 0 aliphatic carbocycles. The minimum absolute atomic E-state index is 0.152. The van der Waals surface area contributed by atoms with Crippen molar-refractivity contribution < 1.29 is 13.3 Å². The monoisotopic (exact) mass is 417 g/mol. The Kier molecular flexibility index (Phi) is 6.45. The molecule has 0 unspecified atom stereocenters. The highest BCUT2D eigenvalue weighted by atomic mass is 32.2. The van der Waals surface area contributed by atoms with Crippen LogP contribution in [0.2, 0.25) is 0 Å². The number of nitro benzene ring substituents is 1. The fourth-order valence-corrected chi connectivity index (χ4v) is 4.10. The number of hydrogen-bond donors (Lipinski definition) is 2. The first-order valence-corrected chi connectivity index (χ1v) is 10.8. The van der Waals surface area contributed by atoms with Gasteiger partial charge in [-0.15, -0.1) is 0 Å². The van der Waals surface area contributed by atoms with Crippen LogP contribution in [0.4, 0.5) is 17.1 Å². The van der Waals surface area contributed by atoms with Crippen LogP contribution in [-0.4, -0.2) is 43.6 Å². The van der Waals surface area contributed by atoms with Crippen molar-refractivity contribution in [3.63, 3.8) is 0 Å². The third kappa shape index (κ3) is 5.30. The van der Waals surface area contributed by atoms with Crippen molar-refractivity contribution in [2.45, 2.75) is 24.7 Å². The lowest BCUT2D eigenvalue weighted by Gasteiger charge is -2.25. The van der Waals surface area contributed by atoms with Gasteiger partial charge >= 0.3 is 0 Å². The average Bonchev–Trinajstić information content (AvgIpc) is 2.72. The molecule has 1 aliphatic rings. The number of nitrogens with one attached hydrogen (secondary N) is 2. The Labute approximate surface area is 169 Å². The Balaban J connectivity index is 1.79. The molecular weight excluding hydrogens is 394 g/mol. The molecule has 9 nitrogen and oxygen atoms in total. The number of sulfonamides is 1. The SMILES string of the molecule is CCN1CCC(=NNc2ccc(S(=O)(=O)Nc3ccccc3)cc2[N+](=O)[O-])CC1. The zero-order chi connectivity index (χ0) is 20.9. The smallest absolute Gasteiger partial charge is 0.295 e. The van der Waals surface area contributed by atoms with Crippen LogP contribution < -0.4 is 10.1 Å². The summed E-state index contributed by atoms with van der Waals surface area (Å²) in [5.74, 6) is 0. The first-order chi connectivity index (χ1) is 13.9. The number of hydrogen-bond acceptors (Lipinski definition) is 7. The van der Waals surface area contributed by atoms with E-state index in [1.807, 2.05) is 0 Å². The molecule has 0 radical (unpaired) electrons. The number of rotatable bonds is 7. The zero-order valence-electron chi connectivity index (χ0n) is 16.0. The van der Waals surface area contributed by atoms with E-state index < -0.39 is 14.9 Å². The summed E-state index contributed by atoms with van der Waals surface area (Å²) in [5, 5.41) is 15.8. The molecule has 0 saturated carbocycles. The van der Waals surface area contributed by atoms with E-state index in [9.17, 15) is 18.5 Å². The number of para-hydroxylation sites is 1. The van der Waals surface area contributed by atoms with Gasteiger partial charge in [0.05, 0.1) is 9.82 Å². The van der Waals surface area contributed by atoms with Crippen molar-refractivity contribution in [1.29, 1.82) is 0 Å². The Morgan fingerprint density at radius 3 is 2.45 bits per heavy atom. The molecule has 154 valence electrons. The first-order valence-electron chi connectivity index (χ1n) is 9.29. The topological polar surface area (TPSA) is 117 Å². The van der Waals surface area contributed by atoms with E-state index in [0.717, 1.165) is 44.3 Å². The van der Waals surface area contributed by atoms with Gasteiger partial charge in [0.25, 0.3) is 15.7 Å². The Morgan fingerprint density at radius 2 is 1.83 bits per heavy atom. The van der Waals surface area contributed by atoms with Crippen molar-refractivity contribution in [2.24, 2.45) is 5.10 Å². The maximum absolute atomic E-state index is 12.6. The molecule has 3 rings (SSSR count). The lowest BCUT2D eigenvalue weighted by atomic mass is 10.1. The summed E-state index contributed by atoms with van der Waals surface area (Å²) in [4.78, 5) is 13.0. The van der Waals surface area contributed by atoms with Gasteiger partial charge in [-0.3, -0.25) is 20.3 Å². The fraction of sp³-hybridized carbons (Fsp3) is 0.316. The summed E-state index contributed by atoms with van der Waals surface area (Å²) >= 11 is 0. The van der Waals surface area contributed by atoms with Gasteiger partial charge in [0, 0.05) is 43.4 Å². The molecule has 29 heavy (non-hydrogen) atoms. The lowest BCUT2D eigenvalue weighted by Crippen LogP contribution is -2.33. The maximum atomic E-state index is 12.6. The molecule has 1 heterocycles. The molecule has 2 aromatic carbocycles. The minimum atomic E-state index is -3.95. The molecule has 0 aromatic heterocycles.